The van der Waals surface area contributed by atoms with Crippen LogP contribution in [0.25, 0.3) is 0 Å². The van der Waals surface area contributed by atoms with Gasteiger partial charge in [0.25, 0.3) is 0 Å². The molecule has 0 unspecified atom stereocenters. The maximum absolute atomic E-state index is 10.8. The Morgan fingerprint density at radius 3 is 3.07 bits per heavy atom. The van der Waals surface area contributed by atoms with Gasteiger partial charge in [-0.05, 0) is 24.8 Å². The van der Waals surface area contributed by atoms with E-state index in [1.807, 2.05) is 0 Å². The lowest BCUT2D eigenvalue weighted by Crippen LogP contribution is -2.07. The van der Waals surface area contributed by atoms with Gasteiger partial charge < -0.3 is 9.84 Å². The van der Waals surface area contributed by atoms with E-state index >= 15 is 0 Å². The molecule has 0 aromatic carbocycles. The molecule has 80 valence electrons. The Labute approximate surface area is 87.9 Å². The van der Waals surface area contributed by atoms with Crippen LogP contribution in [0.2, 0.25) is 0 Å². The molecule has 1 aliphatic carbocycles. The molecule has 4 nitrogen and oxygen atoms in total. The van der Waals surface area contributed by atoms with Crippen LogP contribution in [-0.2, 0) is 11.3 Å². The average molecular weight is 207 g/mol. The molecule has 0 saturated heterocycles. The van der Waals surface area contributed by atoms with E-state index in [1.165, 1.54) is 19.0 Å². The van der Waals surface area contributed by atoms with E-state index in [4.69, 9.17) is 9.84 Å². The first-order chi connectivity index (χ1) is 7.27. The molecule has 0 atom stereocenters. The van der Waals surface area contributed by atoms with Gasteiger partial charge in [0.2, 0.25) is 0 Å². The number of pyridine rings is 1. The highest BCUT2D eigenvalue weighted by Crippen LogP contribution is 2.29. The van der Waals surface area contributed by atoms with Crippen LogP contribution < -0.4 is 0 Å². The lowest BCUT2D eigenvalue weighted by molar-refractivity contribution is 0.0678. The van der Waals surface area contributed by atoms with Crippen molar-refractivity contribution < 1.29 is 14.6 Å². The summed E-state index contributed by atoms with van der Waals surface area (Å²) in [5, 5.41) is 8.87. The maximum atomic E-state index is 10.8. The van der Waals surface area contributed by atoms with Gasteiger partial charge >= 0.3 is 5.97 Å². The first-order valence-corrected chi connectivity index (χ1v) is 5.02. The quantitative estimate of drug-likeness (QED) is 0.798. The van der Waals surface area contributed by atoms with Crippen LogP contribution in [0, 0.1) is 5.92 Å². The van der Waals surface area contributed by atoms with E-state index in [9.17, 15) is 4.79 Å². The van der Waals surface area contributed by atoms with Crippen molar-refractivity contribution in [1.82, 2.24) is 4.98 Å². The van der Waals surface area contributed by atoms with Gasteiger partial charge in [0.05, 0.1) is 6.61 Å². The highest BCUT2D eigenvalue weighted by molar-refractivity contribution is 5.86. The number of hydrogen-bond acceptors (Lipinski definition) is 3. The molecule has 1 fully saturated rings. The van der Waals surface area contributed by atoms with Crippen molar-refractivity contribution in [2.75, 3.05) is 6.61 Å². The zero-order valence-electron chi connectivity index (χ0n) is 8.35. The molecule has 1 N–H and O–H groups in total. The summed E-state index contributed by atoms with van der Waals surface area (Å²) in [4.78, 5) is 14.6. The Morgan fingerprint density at radius 2 is 2.40 bits per heavy atom. The summed E-state index contributed by atoms with van der Waals surface area (Å²) < 4.78 is 5.43. The molecule has 0 amide bonds. The maximum Gasteiger partial charge on any atom is 0.354 e. The second kappa shape index (κ2) is 4.40. The average Bonchev–Trinajstić information content (AvgIpc) is 3.02. The minimum absolute atomic E-state index is 0.0910. The van der Waals surface area contributed by atoms with E-state index < -0.39 is 5.97 Å². The molecular formula is C11H13NO3. The van der Waals surface area contributed by atoms with E-state index in [2.05, 4.69) is 4.98 Å². The van der Waals surface area contributed by atoms with Crippen molar-refractivity contribution in [2.45, 2.75) is 19.4 Å². The normalized spacial score (nSPS) is 15.2. The summed E-state index contributed by atoms with van der Waals surface area (Å²) >= 11 is 0. The monoisotopic (exact) mass is 207 g/mol. The highest BCUT2D eigenvalue weighted by atomic mass is 16.5. The summed E-state index contributed by atoms with van der Waals surface area (Å²) in [5.74, 6) is -0.310. The van der Waals surface area contributed by atoms with Gasteiger partial charge in [0, 0.05) is 18.4 Å². The van der Waals surface area contributed by atoms with Gasteiger partial charge in [-0.15, -0.1) is 0 Å². The fraction of sp³-hybridized carbons (Fsp3) is 0.455. The first-order valence-electron chi connectivity index (χ1n) is 5.02. The molecule has 0 radical (unpaired) electrons. The lowest BCUT2D eigenvalue weighted by atomic mass is 10.2. The molecule has 0 aliphatic heterocycles. The second-order valence-electron chi connectivity index (χ2n) is 3.77. The molecule has 1 aliphatic rings. The fourth-order valence-corrected chi connectivity index (χ4v) is 1.37. The molecule has 15 heavy (non-hydrogen) atoms. The number of carboxylic acid groups (broad SMARTS) is 1. The van der Waals surface area contributed by atoms with E-state index in [0.29, 0.717) is 18.1 Å². The number of nitrogens with zero attached hydrogens (tertiary/aromatic N) is 1. The molecule has 0 spiro atoms. The molecule has 4 heteroatoms. The van der Waals surface area contributed by atoms with Crippen molar-refractivity contribution in [2.24, 2.45) is 5.92 Å². The van der Waals surface area contributed by atoms with Crippen LogP contribution in [0.5, 0.6) is 0 Å². The van der Waals surface area contributed by atoms with Gasteiger partial charge in [-0.2, -0.15) is 0 Å². The van der Waals surface area contributed by atoms with E-state index in [-0.39, 0.29) is 5.69 Å². The molecule has 1 aromatic heterocycles. The van der Waals surface area contributed by atoms with E-state index in [0.717, 1.165) is 6.61 Å². The molecule has 0 bridgehead atoms. The van der Waals surface area contributed by atoms with E-state index in [1.54, 1.807) is 12.1 Å². The topological polar surface area (TPSA) is 59.4 Å². The summed E-state index contributed by atoms with van der Waals surface area (Å²) in [6.07, 6.45) is 3.95. The zero-order chi connectivity index (χ0) is 10.7. The minimum atomic E-state index is -0.999. The summed E-state index contributed by atoms with van der Waals surface area (Å²) in [5.41, 5.74) is 0.735. The van der Waals surface area contributed by atoms with Gasteiger partial charge in [0.1, 0.15) is 0 Å². The summed E-state index contributed by atoms with van der Waals surface area (Å²) in [6, 6.07) is 3.46. The molecule has 1 heterocycles. The predicted molar refractivity (Wildman–Crippen MR) is 53.6 cm³/mol. The van der Waals surface area contributed by atoms with Crippen molar-refractivity contribution in [3.05, 3.63) is 29.6 Å². The van der Waals surface area contributed by atoms with Crippen LogP contribution in [0.3, 0.4) is 0 Å². The van der Waals surface area contributed by atoms with Crippen LogP contribution >= 0.6 is 0 Å². The Balaban J connectivity index is 1.95. The van der Waals surface area contributed by atoms with Crippen LogP contribution in [0.4, 0.5) is 0 Å². The summed E-state index contributed by atoms with van der Waals surface area (Å²) in [7, 11) is 0. The van der Waals surface area contributed by atoms with Gasteiger partial charge in [-0.3, -0.25) is 0 Å². The summed E-state index contributed by atoms with van der Waals surface area (Å²) in [6.45, 7) is 1.07. The number of ether oxygens (including phenoxy) is 1. The SMILES string of the molecule is O=C(O)c1ncccc1COCC1CC1. The number of rotatable bonds is 5. The highest BCUT2D eigenvalue weighted by Gasteiger charge is 2.21. The molecule has 1 saturated carbocycles. The third-order valence-corrected chi connectivity index (χ3v) is 2.40. The molecule has 1 aromatic rings. The van der Waals surface area contributed by atoms with Crippen molar-refractivity contribution >= 4 is 5.97 Å². The Morgan fingerprint density at radius 1 is 1.60 bits per heavy atom. The smallest absolute Gasteiger partial charge is 0.354 e. The lowest BCUT2D eigenvalue weighted by Gasteiger charge is -2.05. The van der Waals surface area contributed by atoms with Gasteiger partial charge in [-0.25, -0.2) is 9.78 Å². The first kappa shape index (κ1) is 10.1. The van der Waals surface area contributed by atoms with Crippen molar-refractivity contribution in [3.63, 3.8) is 0 Å². The zero-order valence-corrected chi connectivity index (χ0v) is 8.35. The largest absolute Gasteiger partial charge is 0.477 e. The number of aromatic nitrogens is 1. The predicted octanol–water partition coefficient (Wildman–Crippen LogP) is 1.71. The van der Waals surface area contributed by atoms with Crippen molar-refractivity contribution in [1.29, 1.82) is 0 Å². The number of aromatic carboxylic acids is 1. The third-order valence-electron chi connectivity index (χ3n) is 2.40. The number of carbonyl (C=O) groups is 1. The Bertz CT molecular complexity index is 361. The molecule has 2 rings (SSSR count). The number of carboxylic acids is 1. The van der Waals surface area contributed by atoms with Gasteiger partial charge in [-0.1, -0.05) is 6.07 Å². The van der Waals surface area contributed by atoms with Crippen LogP contribution in [-0.4, -0.2) is 22.7 Å². The standard InChI is InChI=1S/C11H13NO3/c13-11(14)10-9(2-1-5-12-10)7-15-6-8-3-4-8/h1-2,5,8H,3-4,6-7H2,(H,13,14). The van der Waals surface area contributed by atoms with Gasteiger partial charge in [0.15, 0.2) is 5.69 Å². The number of hydrogen-bond donors (Lipinski definition) is 1. The fourth-order valence-electron chi connectivity index (χ4n) is 1.37. The second-order valence-corrected chi connectivity index (χ2v) is 3.77. The molecular weight excluding hydrogens is 194 g/mol. The van der Waals surface area contributed by atoms with Crippen LogP contribution in [0.1, 0.15) is 28.9 Å². The van der Waals surface area contributed by atoms with Crippen LogP contribution in [0.15, 0.2) is 18.3 Å². The minimum Gasteiger partial charge on any atom is -0.477 e. The van der Waals surface area contributed by atoms with Crippen molar-refractivity contribution in [3.8, 4) is 0 Å². The third kappa shape index (κ3) is 2.76. The Hall–Kier alpha value is -1.42. The Kier molecular flexibility index (Phi) is 2.97.